The van der Waals surface area contributed by atoms with Gasteiger partial charge in [0.1, 0.15) is 36.2 Å². The lowest BCUT2D eigenvalue weighted by atomic mass is 9.94. The zero-order valence-electron chi connectivity index (χ0n) is 22.9. The largest absolute Gasteiger partial charge is 0.497 e. The Balaban J connectivity index is 1.32. The van der Waals surface area contributed by atoms with Crippen molar-refractivity contribution >= 4 is 28.3 Å². The van der Waals surface area contributed by atoms with E-state index in [2.05, 4.69) is 45.0 Å². The highest BCUT2D eigenvalue weighted by atomic mass is 16.5. The van der Waals surface area contributed by atoms with E-state index in [0.717, 1.165) is 16.5 Å². The average molecular weight is 548 g/mol. The van der Waals surface area contributed by atoms with Gasteiger partial charge in [-0.25, -0.2) is 4.68 Å². The average Bonchev–Trinajstić information content (AvgIpc) is 3.47. The number of carbonyl (C=O) groups excluding carboxylic acids is 1. The maximum atomic E-state index is 13.9. The molecule has 41 heavy (non-hydrogen) atoms. The Bertz CT molecular complexity index is 1770. The minimum absolute atomic E-state index is 0.310. The normalized spacial score (nSPS) is 14.3. The molecule has 0 aliphatic carbocycles. The van der Waals surface area contributed by atoms with E-state index in [1.54, 1.807) is 37.1 Å². The van der Waals surface area contributed by atoms with Gasteiger partial charge in [0.2, 0.25) is 5.95 Å². The Hall–Kier alpha value is -5.31. The topological polar surface area (TPSA) is 99.5 Å². The summed E-state index contributed by atoms with van der Waals surface area (Å²) in [7, 11) is 3.13. The second kappa shape index (κ2) is 11.1. The number of rotatable bonds is 8. The molecule has 6 rings (SSSR count). The van der Waals surface area contributed by atoms with E-state index in [4.69, 9.17) is 14.2 Å². The van der Waals surface area contributed by atoms with Gasteiger partial charge in [-0.05, 0) is 53.1 Å². The third-order valence-electron chi connectivity index (χ3n) is 7.14. The predicted octanol–water partition coefficient (Wildman–Crippen LogP) is 5.96. The molecule has 0 unspecified atom stereocenters. The molecule has 0 saturated heterocycles. The molecular formula is C32H29N5O4. The zero-order valence-corrected chi connectivity index (χ0v) is 22.9. The van der Waals surface area contributed by atoms with Crippen molar-refractivity contribution in [3.63, 3.8) is 0 Å². The summed E-state index contributed by atoms with van der Waals surface area (Å²) in [5.74, 6) is 2.03. The van der Waals surface area contributed by atoms with Gasteiger partial charge in [0.15, 0.2) is 0 Å². The van der Waals surface area contributed by atoms with Crippen LogP contribution in [0.4, 0.5) is 11.6 Å². The maximum absolute atomic E-state index is 13.9. The van der Waals surface area contributed by atoms with Crippen LogP contribution in [-0.4, -0.2) is 34.9 Å². The standard InChI is InChI=1S/C32H29N5O4/c1-20-29(31(38)36-27-17-24(39-2)14-15-28(27)40-3)30(37-32(35-20)33-19-34-37)22-10-7-12-25(16-22)41-18-23-11-6-9-21-8-4-5-13-26(21)23/h4-17,19,30H,18H2,1-3H3,(H,36,38)(H,33,34,35)/t30-/m1/s1. The molecule has 0 radical (unpaired) electrons. The number of anilines is 2. The highest BCUT2D eigenvalue weighted by Crippen LogP contribution is 2.37. The van der Waals surface area contributed by atoms with Crippen molar-refractivity contribution in [1.82, 2.24) is 14.8 Å². The lowest BCUT2D eigenvalue weighted by Crippen LogP contribution is -2.31. The van der Waals surface area contributed by atoms with Crippen molar-refractivity contribution in [2.24, 2.45) is 0 Å². The van der Waals surface area contributed by atoms with Crippen LogP contribution in [0.3, 0.4) is 0 Å². The second-order valence-electron chi connectivity index (χ2n) is 9.61. The molecule has 1 aromatic heterocycles. The summed E-state index contributed by atoms with van der Waals surface area (Å²) < 4.78 is 18.8. The Morgan fingerprint density at radius 1 is 0.951 bits per heavy atom. The third kappa shape index (κ3) is 5.05. The molecule has 1 aliphatic rings. The summed E-state index contributed by atoms with van der Waals surface area (Å²) in [6.45, 7) is 2.26. The first-order chi connectivity index (χ1) is 20.1. The van der Waals surface area contributed by atoms with Crippen LogP contribution in [0.15, 0.2) is 103 Å². The molecule has 1 amide bonds. The summed E-state index contributed by atoms with van der Waals surface area (Å²) in [5, 5.41) is 13.0. The molecule has 2 heterocycles. The Kier molecular flexibility index (Phi) is 6.99. The van der Waals surface area contributed by atoms with Gasteiger partial charge in [0.05, 0.1) is 25.5 Å². The molecule has 4 aromatic carbocycles. The van der Waals surface area contributed by atoms with Gasteiger partial charge in [-0.1, -0.05) is 54.6 Å². The fraction of sp³-hybridized carbons (Fsp3) is 0.156. The SMILES string of the molecule is COc1ccc(OC)c(NC(=O)C2=C(C)Nc3ncnn3[C@@H]2c2cccc(OCc3cccc4ccccc34)c2)c1. The fourth-order valence-corrected chi connectivity index (χ4v) is 5.15. The maximum Gasteiger partial charge on any atom is 0.255 e. The van der Waals surface area contributed by atoms with Crippen molar-refractivity contribution in [1.29, 1.82) is 0 Å². The van der Waals surface area contributed by atoms with Gasteiger partial charge in [-0.15, -0.1) is 0 Å². The number of hydrogen-bond acceptors (Lipinski definition) is 7. The van der Waals surface area contributed by atoms with E-state index >= 15 is 0 Å². The van der Waals surface area contributed by atoms with Gasteiger partial charge < -0.3 is 24.8 Å². The number of aromatic nitrogens is 3. The number of hydrogen-bond donors (Lipinski definition) is 2. The summed E-state index contributed by atoms with van der Waals surface area (Å²) in [6, 6.07) is 26.9. The van der Waals surface area contributed by atoms with Gasteiger partial charge in [-0.3, -0.25) is 4.79 Å². The van der Waals surface area contributed by atoms with Crippen LogP contribution < -0.4 is 24.8 Å². The van der Waals surface area contributed by atoms with Crippen LogP contribution in [0.2, 0.25) is 0 Å². The molecule has 9 nitrogen and oxygen atoms in total. The van der Waals surface area contributed by atoms with E-state index in [-0.39, 0.29) is 5.91 Å². The first-order valence-corrected chi connectivity index (χ1v) is 13.2. The smallest absolute Gasteiger partial charge is 0.255 e. The van der Waals surface area contributed by atoms with Crippen LogP contribution in [0.25, 0.3) is 10.8 Å². The first kappa shape index (κ1) is 25.9. The first-order valence-electron chi connectivity index (χ1n) is 13.2. The number of fused-ring (bicyclic) bond motifs is 2. The zero-order chi connectivity index (χ0) is 28.3. The number of amides is 1. The molecule has 0 saturated carbocycles. The quantitative estimate of drug-likeness (QED) is 0.247. The Morgan fingerprint density at radius 3 is 2.63 bits per heavy atom. The lowest BCUT2D eigenvalue weighted by molar-refractivity contribution is -0.113. The highest BCUT2D eigenvalue weighted by molar-refractivity contribution is 6.06. The summed E-state index contributed by atoms with van der Waals surface area (Å²) in [6.07, 6.45) is 1.47. The predicted molar refractivity (Wildman–Crippen MR) is 157 cm³/mol. The molecule has 1 atom stereocenters. The molecule has 0 fully saturated rings. The Morgan fingerprint density at radius 2 is 1.78 bits per heavy atom. The third-order valence-corrected chi connectivity index (χ3v) is 7.14. The highest BCUT2D eigenvalue weighted by Gasteiger charge is 2.34. The minimum Gasteiger partial charge on any atom is -0.497 e. The van der Waals surface area contributed by atoms with Crippen LogP contribution in [0.5, 0.6) is 17.2 Å². The lowest BCUT2D eigenvalue weighted by Gasteiger charge is -2.29. The van der Waals surface area contributed by atoms with Crippen molar-refractivity contribution in [2.75, 3.05) is 24.9 Å². The number of nitrogens with one attached hydrogen (secondary N) is 2. The van der Waals surface area contributed by atoms with Crippen LogP contribution in [0.1, 0.15) is 24.1 Å². The van der Waals surface area contributed by atoms with Gasteiger partial charge in [0.25, 0.3) is 5.91 Å². The van der Waals surface area contributed by atoms with Crippen molar-refractivity contribution in [3.8, 4) is 17.2 Å². The second-order valence-corrected chi connectivity index (χ2v) is 9.61. The number of allylic oxidation sites excluding steroid dienone is 1. The minimum atomic E-state index is -0.550. The van der Waals surface area contributed by atoms with Gasteiger partial charge in [0, 0.05) is 11.8 Å². The number of methoxy groups -OCH3 is 2. The molecular weight excluding hydrogens is 518 g/mol. The van der Waals surface area contributed by atoms with Gasteiger partial charge >= 0.3 is 0 Å². The molecule has 2 N–H and O–H groups in total. The Labute approximate surface area is 237 Å². The monoisotopic (exact) mass is 547 g/mol. The van der Waals surface area contributed by atoms with E-state index in [9.17, 15) is 4.79 Å². The summed E-state index contributed by atoms with van der Waals surface area (Å²) in [5.41, 5.74) is 3.57. The van der Waals surface area contributed by atoms with E-state index in [1.165, 1.54) is 11.7 Å². The number of nitrogens with zero attached hydrogens (tertiary/aromatic N) is 3. The molecule has 0 spiro atoms. The van der Waals surface area contributed by atoms with Crippen molar-refractivity contribution in [3.05, 3.63) is 114 Å². The van der Waals surface area contributed by atoms with E-state index in [1.807, 2.05) is 49.4 Å². The van der Waals surface area contributed by atoms with Crippen molar-refractivity contribution < 1.29 is 19.0 Å². The number of carbonyl (C=O) groups is 1. The molecule has 0 bridgehead atoms. The van der Waals surface area contributed by atoms with Crippen LogP contribution >= 0.6 is 0 Å². The van der Waals surface area contributed by atoms with E-state index < -0.39 is 6.04 Å². The molecule has 5 aromatic rings. The van der Waals surface area contributed by atoms with Crippen molar-refractivity contribution in [2.45, 2.75) is 19.6 Å². The summed E-state index contributed by atoms with van der Waals surface area (Å²) >= 11 is 0. The molecule has 1 aliphatic heterocycles. The number of ether oxygens (including phenoxy) is 3. The summed E-state index contributed by atoms with van der Waals surface area (Å²) in [4.78, 5) is 18.2. The molecule has 206 valence electrons. The number of benzene rings is 4. The molecule has 9 heteroatoms. The van der Waals surface area contributed by atoms with Gasteiger partial charge in [-0.2, -0.15) is 10.1 Å². The van der Waals surface area contributed by atoms with E-state index in [0.29, 0.717) is 46.8 Å². The fourth-order valence-electron chi connectivity index (χ4n) is 5.15. The van der Waals surface area contributed by atoms with Crippen LogP contribution in [-0.2, 0) is 11.4 Å². The van der Waals surface area contributed by atoms with Crippen LogP contribution in [0, 0.1) is 0 Å².